The van der Waals surface area contributed by atoms with Gasteiger partial charge in [-0.2, -0.15) is 5.26 Å². The van der Waals surface area contributed by atoms with Crippen LogP contribution in [-0.2, 0) is 6.61 Å². The summed E-state index contributed by atoms with van der Waals surface area (Å²) in [6, 6.07) is 12.6. The topological polar surface area (TPSA) is 63.2 Å². The fraction of sp³-hybridized carbons (Fsp3) is 0.0714. The number of hydrogen-bond donors (Lipinski definition) is 0. The van der Waals surface area contributed by atoms with Gasteiger partial charge in [-0.3, -0.25) is 4.40 Å². The molecule has 0 atom stereocenters. The molecule has 5 nitrogen and oxygen atoms in total. The van der Waals surface area contributed by atoms with Crippen LogP contribution in [0.15, 0.2) is 42.6 Å². The number of pyridine rings is 1. The van der Waals surface area contributed by atoms with Gasteiger partial charge < -0.3 is 4.74 Å². The van der Waals surface area contributed by atoms with Gasteiger partial charge in [0.2, 0.25) is 0 Å². The van der Waals surface area contributed by atoms with Crippen LogP contribution < -0.4 is 4.74 Å². The molecule has 0 unspecified atom stereocenters. The molecule has 0 aliphatic heterocycles. The summed E-state index contributed by atoms with van der Waals surface area (Å²) in [5.41, 5.74) is 1.17. The second-order valence-electron chi connectivity index (χ2n) is 4.11. The van der Waals surface area contributed by atoms with Crippen LogP contribution in [0.3, 0.4) is 0 Å². The third-order valence-corrected chi connectivity index (χ3v) is 3.04. The highest BCUT2D eigenvalue weighted by molar-refractivity contribution is 6.30. The van der Waals surface area contributed by atoms with Crippen molar-refractivity contribution in [1.82, 2.24) is 14.6 Å². The second-order valence-corrected chi connectivity index (χ2v) is 4.55. The van der Waals surface area contributed by atoms with Crippen LogP contribution in [0.5, 0.6) is 5.75 Å². The first-order chi connectivity index (χ1) is 9.76. The van der Waals surface area contributed by atoms with Crippen molar-refractivity contribution < 1.29 is 4.74 Å². The zero-order valence-electron chi connectivity index (χ0n) is 10.3. The quantitative estimate of drug-likeness (QED) is 0.742. The summed E-state index contributed by atoms with van der Waals surface area (Å²) in [4.78, 5) is 0. The third kappa shape index (κ3) is 2.42. The third-order valence-electron chi connectivity index (χ3n) is 2.79. The van der Waals surface area contributed by atoms with Gasteiger partial charge in [-0.1, -0.05) is 11.6 Å². The molecule has 0 amide bonds. The van der Waals surface area contributed by atoms with E-state index in [2.05, 4.69) is 16.3 Å². The lowest BCUT2D eigenvalue weighted by atomic mass is 10.3. The molecule has 0 saturated carbocycles. The highest BCUT2D eigenvalue weighted by Gasteiger charge is 2.06. The van der Waals surface area contributed by atoms with Gasteiger partial charge in [0, 0.05) is 17.3 Å². The molecular weight excluding hydrogens is 276 g/mol. The lowest BCUT2D eigenvalue weighted by molar-refractivity contribution is 0.294. The van der Waals surface area contributed by atoms with Crippen molar-refractivity contribution >= 4 is 17.2 Å². The molecule has 0 aliphatic carbocycles. The lowest BCUT2D eigenvalue weighted by Crippen LogP contribution is -2.01. The Morgan fingerprint density at radius 2 is 2.00 bits per heavy atom. The van der Waals surface area contributed by atoms with Crippen LogP contribution in [0.25, 0.3) is 5.65 Å². The molecule has 20 heavy (non-hydrogen) atoms. The SMILES string of the molecule is N#Cc1ccn2c(COc3ccc(Cl)cc3)nnc2c1. The van der Waals surface area contributed by atoms with Crippen molar-refractivity contribution in [3.05, 3.63) is 59.0 Å². The van der Waals surface area contributed by atoms with E-state index in [1.54, 1.807) is 47.0 Å². The highest BCUT2D eigenvalue weighted by atomic mass is 35.5. The summed E-state index contributed by atoms with van der Waals surface area (Å²) >= 11 is 5.81. The summed E-state index contributed by atoms with van der Waals surface area (Å²) in [5, 5.41) is 17.6. The van der Waals surface area contributed by atoms with E-state index in [9.17, 15) is 0 Å². The van der Waals surface area contributed by atoms with Crippen LogP contribution in [0.4, 0.5) is 0 Å². The second kappa shape index (κ2) is 5.19. The number of rotatable bonds is 3. The predicted octanol–water partition coefficient (Wildman–Crippen LogP) is 2.83. The van der Waals surface area contributed by atoms with Crippen LogP contribution >= 0.6 is 11.6 Å². The normalized spacial score (nSPS) is 10.4. The average molecular weight is 285 g/mol. The zero-order chi connectivity index (χ0) is 13.9. The largest absolute Gasteiger partial charge is 0.486 e. The molecule has 0 fully saturated rings. The lowest BCUT2D eigenvalue weighted by Gasteiger charge is -2.04. The molecule has 0 spiro atoms. The molecule has 2 heterocycles. The Kier molecular flexibility index (Phi) is 3.23. The Balaban J connectivity index is 1.81. The van der Waals surface area contributed by atoms with E-state index >= 15 is 0 Å². The van der Waals surface area contributed by atoms with Crippen molar-refractivity contribution in [2.75, 3.05) is 0 Å². The van der Waals surface area contributed by atoms with Gasteiger partial charge in [-0.25, -0.2) is 0 Å². The number of hydrogen-bond acceptors (Lipinski definition) is 4. The van der Waals surface area contributed by atoms with E-state index in [1.807, 2.05) is 0 Å². The molecule has 2 aromatic heterocycles. The minimum Gasteiger partial charge on any atom is -0.486 e. The van der Waals surface area contributed by atoms with Gasteiger partial charge in [0.1, 0.15) is 12.4 Å². The van der Waals surface area contributed by atoms with Crippen LogP contribution in [0.1, 0.15) is 11.4 Å². The summed E-state index contributed by atoms with van der Waals surface area (Å²) < 4.78 is 7.41. The number of aromatic nitrogens is 3. The molecule has 0 bridgehead atoms. The molecule has 0 saturated heterocycles. The number of nitriles is 1. The van der Waals surface area contributed by atoms with Gasteiger partial charge >= 0.3 is 0 Å². The monoisotopic (exact) mass is 284 g/mol. The number of fused-ring (bicyclic) bond motifs is 1. The molecule has 3 rings (SSSR count). The van der Waals surface area contributed by atoms with Gasteiger partial charge in [0.15, 0.2) is 11.5 Å². The molecule has 6 heteroatoms. The number of benzene rings is 1. The standard InChI is InChI=1S/C14H9ClN4O/c15-11-1-3-12(4-2-11)20-9-14-18-17-13-7-10(8-16)5-6-19(13)14/h1-7H,9H2. The number of nitrogens with zero attached hydrogens (tertiary/aromatic N) is 4. The van der Waals surface area contributed by atoms with E-state index in [4.69, 9.17) is 21.6 Å². The highest BCUT2D eigenvalue weighted by Crippen LogP contribution is 2.17. The van der Waals surface area contributed by atoms with E-state index in [0.29, 0.717) is 27.8 Å². The Labute approximate surface area is 120 Å². The molecule has 0 radical (unpaired) electrons. The molecule has 0 aliphatic rings. The molecular formula is C14H9ClN4O. The van der Waals surface area contributed by atoms with Crippen molar-refractivity contribution in [2.24, 2.45) is 0 Å². The number of ether oxygens (including phenoxy) is 1. The summed E-state index contributed by atoms with van der Waals surface area (Å²) in [6.45, 7) is 0.286. The minimum absolute atomic E-state index is 0.286. The van der Waals surface area contributed by atoms with E-state index in [-0.39, 0.29) is 6.61 Å². The first kappa shape index (κ1) is 12.5. The Bertz CT molecular complexity index is 789. The Morgan fingerprint density at radius 1 is 1.20 bits per heavy atom. The summed E-state index contributed by atoms with van der Waals surface area (Å²) in [5.74, 6) is 1.37. The van der Waals surface area contributed by atoms with Crippen molar-refractivity contribution in [3.63, 3.8) is 0 Å². The molecule has 3 aromatic rings. The maximum atomic E-state index is 8.84. The molecule has 98 valence electrons. The van der Waals surface area contributed by atoms with E-state index in [0.717, 1.165) is 0 Å². The molecule has 0 N–H and O–H groups in total. The van der Waals surface area contributed by atoms with Crippen molar-refractivity contribution in [3.8, 4) is 11.8 Å². The smallest absolute Gasteiger partial charge is 0.175 e. The van der Waals surface area contributed by atoms with E-state index in [1.165, 1.54) is 0 Å². The first-order valence-electron chi connectivity index (χ1n) is 5.88. The number of halogens is 1. The van der Waals surface area contributed by atoms with Crippen molar-refractivity contribution in [1.29, 1.82) is 5.26 Å². The van der Waals surface area contributed by atoms with Crippen LogP contribution in [-0.4, -0.2) is 14.6 Å². The van der Waals surface area contributed by atoms with Gasteiger partial charge in [0.05, 0.1) is 11.6 Å². The zero-order valence-corrected chi connectivity index (χ0v) is 11.1. The van der Waals surface area contributed by atoms with Crippen molar-refractivity contribution in [2.45, 2.75) is 6.61 Å². The Hall–Kier alpha value is -2.58. The fourth-order valence-corrected chi connectivity index (χ4v) is 1.91. The summed E-state index contributed by atoms with van der Waals surface area (Å²) in [6.07, 6.45) is 1.76. The molecule has 1 aromatic carbocycles. The average Bonchev–Trinajstić information content (AvgIpc) is 2.89. The minimum atomic E-state index is 0.286. The van der Waals surface area contributed by atoms with E-state index < -0.39 is 0 Å². The Morgan fingerprint density at radius 3 is 2.75 bits per heavy atom. The van der Waals surface area contributed by atoms with Crippen LogP contribution in [0.2, 0.25) is 5.02 Å². The maximum Gasteiger partial charge on any atom is 0.175 e. The van der Waals surface area contributed by atoms with Crippen LogP contribution in [0, 0.1) is 11.3 Å². The van der Waals surface area contributed by atoms with Gasteiger partial charge in [-0.05, 0) is 30.3 Å². The van der Waals surface area contributed by atoms with Gasteiger partial charge in [-0.15, -0.1) is 10.2 Å². The summed E-state index contributed by atoms with van der Waals surface area (Å²) in [7, 11) is 0. The fourth-order valence-electron chi connectivity index (χ4n) is 1.79. The maximum absolute atomic E-state index is 8.84. The first-order valence-corrected chi connectivity index (χ1v) is 6.26. The predicted molar refractivity (Wildman–Crippen MR) is 73.5 cm³/mol. The van der Waals surface area contributed by atoms with Gasteiger partial charge in [0.25, 0.3) is 0 Å².